The van der Waals surface area contributed by atoms with Crippen LogP contribution in [0, 0.1) is 0 Å². The lowest BCUT2D eigenvalue weighted by Crippen LogP contribution is -2.22. The number of carboxylic acids is 1. The van der Waals surface area contributed by atoms with Crippen molar-refractivity contribution in [2.75, 3.05) is 4.72 Å². The van der Waals surface area contributed by atoms with Crippen molar-refractivity contribution in [3.63, 3.8) is 0 Å². The second-order valence-electron chi connectivity index (χ2n) is 4.75. The van der Waals surface area contributed by atoms with Gasteiger partial charge in [0.05, 0.1) is 20.6 Å². The van der Waals surface area contributed by atoms with Crippen LogP contribution >= 0.6 is 23.2 Å². The van der Waals surface area contributed by atoms with Crippen LogP contribution in [0.25, 0.3) is 0 Å². The maximum absolute atomic E-state index is 12.3. The summed E-state index contributed by atoms with van der Waals surface area (Å²) in [4.78, 5) is 10.5. The van der Waals surface area contributed by atoms with E-state index in [1.165, 1.54) is 30.3 Å². The summed E-state index contributed by atoms with van der Waals surface area (Å²) in [6.07, 6.45) is 0.163. The number of carbonyl (C=O) groups excluding carboxylic acids is 1. The molecule has 0 aliphatic rings. The smallest absolute Gasteiger partial charge is 0.261 e. The van der Waals surface area contributed by atoms with Crippen LogP contribution in [0.15, 0.2) is 47.4 Å². The largest absolute Gasteiger partial charge is 0.550 e. The Morgan fingerprint density at radius 3 is 2.26 bits per heavy atom. The van der Waals surface area contributed by atoms with Crippen LogP contribution in [-0.4, -0.2) is 14.4 Å². The molecular formula is C15H12Cl2NO4S-. The van der Waals surface area contributed by atoms with Gasteiger partial charge in [-0.2, -0.15) is 0 Å². The summed E-state index contributed by atoms with van der Waals surface area (Å²) < 4.78 is 27.0. The van der Waals surface area contributed by atoms with Gasteiger partial charge in [0.1, 0.15) is 0 Å². The number of aliphatic carboxylic acids is 1. The van der Waals surface area contributed by atoms with E-state index in [2.05, 4.69) is 4.72 Å². The average Bonchev–Trinajstić information content (AvgIpc) is 2.49. The zero-order valence-corrected chi connectivity index (χ0v) is 14.1. The number of anilines is 1. The number of hydrogen-bond donors (Lipinski definition) is 1. The van der Waals surface area contributed by atoms with Gasteiger partial charge in [-0.1, -0.05) is 35.3 Å². The van der Waals surface area contributed by atoms with E-state index in [0.29, 0.717) is 16.3 Å². The number of rotatable bonds is 6. The third kappa shape index (κ3) is 4.86. The summed E-state index contributed by atoms with van der Waals surface area (Å²) in [5.74, 6) is -1.15. The molecule has 2 rings (SSSR count). The molecule has 0 aliphatic heterocycles. The molecule has 0 radical (unpaired) electrons. The van der Waals surface area contributed by atoms with Crippen molar-refractivity contribution < 1.29 is 18.3 Å². The van der Waals surface area contributed by atoms with Crippen molar-refractivity contribution in [3.8, 4) is 0 Å². The highest BCUT2D eigenvalue weighted by Gasteiger charge is 2.14. The van der Waals surface area contributed by atoms with Gasteiger partial charge in [-0.05, 0) is 48.7 Å². The number of benzene rings is 2. The zero-order valence-electron chi connectivity index (χ0n) is 11.8. The molecule has 0 fully saturated rings. The Bertz CT molecular complexity index is 820. The molecule has 0 bridgehead atoms. The number of hydrogen-bond acceptors (Lipinski definition) is 4. The predicted molar refractivity (Wildman–Crippen MR) is 87.0 cm³/mol. The van der Waals surface area contributed by atoms with Gasteiger partial charge in [-0.3, -0.25) is 4.72 Å². The van der Waals surface area contributed by atoms with Gasteiger partial charge in [-0.15, -0.1) is 0 Å². The third-order valence-electron chi connectivity index (χ3n) is 3.02. The summed E-state index contributed by atoms with van der Waals surface area (Å²) >= 11 is 11.6. The molecule has 0 saturated carbocycles. The average molecular weight is 373 g/mol. The van der Waals surface area contributed by atoms with Crippen molar-refractivity contribution in [1.82, 2.24) is 0 Å². The molecule has 0 heterocycles. The number of nitrogens with one attached hydrogen (secondary N) is 1. The van der Waals surface area contributed by atoms with Crippen LogP contribution in [-0.2, 0) is 21.2 Å². The molecular weight excluding hydrogens is 361 g/mol. The van der Waals surface area contributed by atoms with E-state index in [4.69, 9.17) is 23.2 Å². The molecule has 0 saturated heterocycles. The normalized spacial score (nSPS) is 11.2. The van der Waals surface area contributed by atoms with Gasteiger partial charge in [0.2, 0.25) is 0 Å². The van der Waals surface area contributed by atoms with Crippen LogP contribution in [0.1, 0.15) is 12.0 Å². The van der Waals surface area contributed by atoms with E-state index in [1.54, 1.807) is 12.1 Å². The first-order valence-corrected chi connectivity index (χ1v) is 8.78. The lowest BCUT2D eigenvalue weighted by atomic mass is 10.1. The van der Waals surface area contributed by atoms with Crippen molar-refractivity contribution >= 4 is 44.9 Å². The second kappa shape index (κ2) is 7.21. The maximum atomic E-state index is 12.3. The Morgan fingerprint density at radius 1 is 1.04 bits per heavy atom. The van der Waals surface area contributed by atoms with Gasteiger partial charge in [-0.25, -0.2) is 8.42 Å². The van der Waals surface area contributed by atoms with Crippen molar-refractivity contribution in [2.45, 2.75) is 17.7 Å². The minimum Gasteiger partial charge on any atom is -0.550 e. The van der Waals surface area contributed by atoms with E-state index in [1.807, 2.05) is 0 Å². The van der Waals surface area contributed by atoms with Crippen LogP contribution in [0.5, 0.6) is 0 Å². The van der Waals surface area contributed by atoms with Crippen LogP contribution in [0.4, 0.5) is 5.69 Å². The highest BCUT2D eigenvalue weighted by atomic mass is 35.5. The minimum atomic E-state index is -3.77. The van der Waals surface area contributed by atoms with Crippen molar-refractivity contribution in [1.29, 1.82) is 0 Å². The Balaban J connectivity index is 2.15. The molecule has 0 spiro atoms. The fourth-order valence-corrected chi connectivity index (χ4v) is 3.20. The summed E-state index contributed by atoms with van der Waals surface area (Å²) in [7, 11) is -3.77. The number of sulfonamides is 1. The minimum absolute atomic E-state index is 0.0563. The van der Waals surface area contributed by atoms with Gasteiger partial charge < -0.3 is 9.90 Å². The van der Waals surface area contributed by atoms with E-state index in [-0.39, 0.29) is 22.8 Å². The molecule has 23 heavy (non-hydrogen) atoms. The van der Waals surface area contributed by atoms with Crippen molar-refractivity contribution in [3.05, 3.63) is 58.1 Å². The van der Waals surface area contributed by atoms with E-state index in [9.17, 15) is 18.3 Å². The van der Waals surface area contributed by atoms with Gasteiger partial charge in [0.25, 0.3) is 10.0 Å². The summed E-state index contributed by atoms with van der Waals surface area (Å²) in [6.45, 7) is 0. The first kappa shape index (κ1) is 17.6. The quantitative estimate of drug-likeness (QED) is 0.843. The Morgan fingerprint density at radius 2 is 1.70 bits per heavy atom. The van der Waals surface area contributed by atoms with E-state index in [0.717, 1.165) is 0 Å². The van der Waals surface area contributed by atoms with Gasteiger partial charge in [0.15, 0.2) is 0 Å². The summed E-state index contributed by atoms with van der Waals surface area (Å²) in [5.41, 5.74) is 1.00. The number of carbonyl (C=O) groups is 1. The molecule has 0 aromatic heterocycles. The first-order chi connectivity index (χ1) is 10.8. The van der Waals surface area contributed by atoms with Crippen molar-refractivity contribution in [2.24, 2.45) is 0 Å². The summed E-state index contributed by atoms with van der Waals surface area (Å²) in [6, 6.07) is 10.3. The lowest BCUT2D eigenvalue weighted by molar-refractivity contribution is -0.305. The highest BCUT2D eigenvalue weighted by Crippen LogP contribution is 2.26. The predicted octanol–water partition coefficient (Wildman–Crippen LogP) is 2.48. The standard InChI is InChI=1S/C15H13Cl2NO4S/c16-13-7-4-11(9-14(13)17)18-23(21,22)12-5-1-10(2-6-12)3-8-15(19)20/h1-2,4-7,9,18H,3,8H2,(H,19,20)/p-1. The number of halogens is 2. The Hall–Kier alpha value is -1.76. The topological polar surface area (TPSA) is 86.3 Å². The molecule has 2 aromatic rings. The Kier molecular flexibility index (Phi) is 5.51. The van der Waals surface area contributed by atoms with E-state index >= 15 is 0 Å². The SMILES string of the molecule is O=C([O-])CCc1ccc(S(=O)(=O)Nc2ccc(Cl)c(Cl)c2)cc1. The van der Waals surface area contributed by atoms with Crippen LogP contribution in [0.3, 0.4) is 0 Å². The molecule has 0 atom stereocenters. The summed E-state index contributed by atoms with van der Waals surface area (Å²) in [5, 5.41) is 11.0. The van der Waals surface area contributed by atoms with Crippen LogP contribution < -0.4 is 9.83 Å². The zero-order chi connectivity index (χ0) is 17.0. The van der Waals surface area contributed by atoms with Gasteiger partial charge >= 0.3 is 0 Å². The third-order valence-corrected chi connectivity index (χ3v) is 5.16. The molecule has 2 aromatic carbocycles. The molecule has 0 unspecified atom stereocenters. The number of carboxylic acid groups (broad SMARTS) is 1. The molecule has 0 amide bonds. The second-order valence-corrected chi connectivity index (χ2v) is 7.25. The van der Waals surface area contributed by atoms with E-state index < -0.39 is 16.0 Å². The molecule has 5 nitrogen and oxygen atoms in total. The Labute approximate surface area is 143 Å². The maximum Gasteiger partial charge on any atom is 0.261 e. The molecule has 8 heteroatoms. The lowest BCUT2D eigenvalue weighted by Gasteiger charge is -2.10. The molecule has 0 aliphatic carbocycles. The fourth-order valence-electron chi connectivity index (χ4n) is 1.86. The van der Waals surface area contributed by atoms with Gasteiger partial charge in [0, 0.05) is 5.97 Å². The monoisotopic (exact) mass is 372 g/mol. The first-order valence-electron chi connectivity index (χ1n) is 6.54. The fraction of sp³-hybridized carbons (Fsp3) is 0.133. The molecule has 1 N–H and O–H groups in total. The number of aryl methyl sites for hydroxylation is 1. The van der Waals surface area contributed by atoms with Crippen LogP contribution in [0.2, 0.25) is 10.0 Å². The molecule has 122 valence electrons. The highest BCUT2D eigenvalue weighted by molar-refractivity contribution is 7.92.